The number of halogens is 1. The van der Waals surface area contributed by atoms with Crippen LogP contribution in [-0.4, -0.2) is 10.8 Å². The first-order valence-corrected chi connectivity index (χ1v) is 5.85. The van der Waals surface area contributed by atoms with Crippen LogP contribution in [0.2, 0.25) is 0 Å². The fourth-order valence-corrected chi connectivity index (χ4v) is 1.86. The van der Waals surface area contributed by atoms with E-state index in [1.807, 2.05) is 31.2 Å². The zero-order valence-corrected chi connectivity index (χ0v) is 10.2. The molecule has 0 N–H and O–H groups in total. The summed E-state index contributed by atoms with van der Waals surface area (Å²) in [5.74, 6) is -0.733. The maximum absolute atomic E-state index is 13.3. The molecule has 0 aliphatic rings. The first-order chi connectivity index (χ1) is 8.66. The van der Waals surface area contributed by atoms with Gasteiger partial charge in [0, 0.05) is 12.6 Å². The van der Waals surface area contributed by atoms with Crippen molar-refractivity contribution in [1.29, 1.82) is 0 Å². The number of Topliss-reactive ketones (excluding diaryl/α,β-unsaturated/α-hetero) is 1. The number of aromatic nitrogens is 1. The lowest BCUT2D eigenvalue weighted by Crippen LogP contribution is -2.04. The summed E-state index contributed by atoms with van der Waals surface area (Å²) in [7, 11) is 0. The van der Waals surface area contributed by atoms with Crippen LogP contribution in [0, 0.1) is 12.7 Å². The van der Waals surface area contributed by atoms with E-state index >= 15 is 0 Å². The van der Waals surface area contributed by atoms with Crippen molar-refractivity contribution in [1.82, 2.24) is 4.98 Å². The number of hydrogen-bond acceptors (Lipinski definition) is 2. The predicted octanol–water partition coefficient (Wildman–Crippen LogP) is 3.34. The Kier molecular flexibility index (Phi) is 3.82. The molecule has 0 bridgehead atoms. The molecule has 2 aromatic rings. The molecule has 0 fully saturated rings. The van der Waals surface area contributed by atoms with Crippen LogP contribution in [0.15, 0.2) is 42.7 Å². The topological polar surface area (TPSA) is 30.0 Å². The number of ketones is 1. The van der Waals surface area contributed by atoms with Gasteiger partial charge in [0.05, 0.1) is 11.8 Å². The van der Waals surface area contributed by atoms with Crippen molar-refractivity contribution in [2.75, 3.05) is 0 Å². The summed E-state index contributed by atoms with van der Waals surface area (Å²) in [4.78, 5) is 15.5. The molecule has 92 valence electrons. The number of nitrogens with zero attached hydrogens (tertiary/aromatic N) is 1. The average Bonchev–Trinajstić information content (AvgIpc) is 2.37. The van der Waals surface area contributed by atoms with Crippen molar-refractivity contribution in [3.05, 3.63) is 65.2 Å². The molecule has 0 saturated heterocycles. The van der Waals surface area contributed by atoms with Crippen LogP contribution in [0.25, 0.3) is 0 Å². The molecular weight excluding hydrogens is 229 g/mol. The highest BCUT2D eigenvalue weighted by Gasteiger charge is 2.11. The number of rotatable bonds is 4. The second kappa shape index (κ2) is 5.54. The zero-order valence-electron chi connectivity index (χ0n) is 10.2. The Morgan fingerprint density at radius 1 is 1.33 bits per heavy atom. The first kappa shape index (κ1) is 12.4. The van der Waals surface area contributed by atoms with Crippen LogP contribution in [-0.2, 0) is 6.42 Å². The van der Waals surface area contributed by atoms with Crippen molar-refractivity contribution in [3.8, 4) is 0 Å². The van der Waals surface area contributed by atoms with Crippen LogP contribution >= 0.6 is 0 Å². The average molecular weight is 243 g/mol. The molecule has 0 aliphatic heterocycles. The van der Waals surface area contributed by atoms with Gasteiger partial charge in [0.15, 0.2) is 11.6 Å². The summed E-state index contributed by atoms with van der Waals surface area (Å²) in [6, 6.07) is 9.41. The molecule has 1 aromatic carbocycles. The number of carbonyl (C=O) groups excluding carboxylic acids is 1. The van der Waals surface area contributed by atoms with Gasteiger partial charge in [-0.1, -0.05) is 29.8 Å². The van der Waals surface area contributed by atoms with E-state index < -0.39 is 5.82 Å². The van der Waals surface area contributed by atoms with Crippen LogP contribution in [0.3, 0.4) is 0 Å². The molecule has 0 unspecified atom stereocenters. The highest BCUT2D eigenvalue weighted by molar-refractivity contribution is 5.96. The fourth-order valence-electron chi connectivity index (χ4n) is 1.86. The molecule has 1 heterocycles. The molecule has 18 heavy (non-hydrogen) atoms. The molecular formula is C15H14FNO. The van der Waals surface area contributed by atoms with Crippen molar-refractivity contribution in [3.63, 3.8) is 0 Å². The number of carbonyl (C=O) groups is 1. The van der Waals surface area contributed by atoms with Gasteiger partial charge in [0.25, 0.3) is 0 Å². The predicted molar refractivity (Wildman–Crippen MR) is 68.0 cm³/mol. The van der Waals surface area contributed by atoms with Crippen molar-refractivity contribution in [2.24, 2.45) is 0 Å². The van der Waals surface area contributed by atoms with Gasteiger partial charge in [-0.25, -0.2) is 4.39 Å². The minimum atomic E-state index is -0.549. The fraction of sp³-hybridized carbons (Fsp3) is 0.200. The number of aryl methyl sites for hydroxylation is 2. The summed E-state index contributed by atoms with van der Waals surface area (Å²) in [5.41, 5.74) is 2.38. The quantitative estimate of drug-likeness (QED) is 0.771. The molecule has 2 nitrogen and oxygen atoms in total. The Labute approximate surface area is 105 Å². The van der Waals surface area contributed by atoms with E-state index in [1.54, 1.807) is 0 Å². The van der Waals surface area contributed by atoms with Gasteiger partial charge < -0.3 is 0 Å². The van der Waals surface area contributed by atoms with Crippen LogP contribution < -0.4 is 0 Å². The highest BCUT2D eigenvalue weighted by Crippen LogP contribution is 2.12. The third-order valence-electron chi connectivity index (χ3n) is 2.80. The van der Waals surface area contributed by atoms with Gasteiger partial charge in [-0.15, -0.1) is 0 Å². The molecule has 2 rings (SSSR count). The minimum absolute atomic E-state index is 0.123. The van der Waals surface area contributed by atoms with Crippen molar-refractivity contribution in [2.45, 2.75) is 19.8 Å². The largest absolute Gasteiger partial charge is 0.294 e. The Hall–Kier alpha value is -2.03. The number of benzene rings is 1. The normalized spacial score (nSPS) is 10.3. The van der Waals surface area contributed by atoms with Crippen molar-refractivity contribution >= 4 is 5.78 Å². The molecule has 0 aliphatic carbocycles. The van der Waals surface area contributed by atoms with E-state index in [9.17, 15) is 9.18 Å². The van der Waals surface area contributed by atoms with Gasteiger partial charge >= 0.3 is 0 Å². The molecule has 0 radical (unpaired) electrons. The standard InChI is InChI=1S/C15H14FNO/c1-11-3-2-4-12(9-11)5-6-15(18)13-7-8-17-10-14(13)16/h2-4,7-10H,5-6H2,1H3. The third kappa shape index (κ3) is 3.00. The summed E-state index contributed by atoms with van der Waals surface area (Å²) < 4.78 is 13.3. The monoisotopic (exact) mass is 243 g/mol. The van der Waals surface area contributed by atoms with Gasteiger partial charge in [-0.3, -0.25) is 9.78 Å². The Morgan fingerprint density at radius 3 is 2.89 bits per heavy atom. The SMILES string of the molecule is Cc1cccc(CCC(=O)c2ccncc2F)c1. The van der Waals surface area contributed by atoms with Gasteiger partial charge in [-0.05, 0) is 25.0 Å². The summed E-state index contributed by atoms with van der Waals surface area (Å²) >= 11 is 0. The van der Waals surface area contributed by atoms with E-state index in [2.05, 4.69) is 4.98 Å². The van der Waals surface area contributed by atoms with E-state index in [0.717, 1.165) is 17.3 Å². The Bertz CT molecular complexity index is 566. The molecule has 0 amide bonds. The first-order valence-electron chi connectivity index (χ1n) is 5.85. The number of hydrogen-bond donors (Lipinski definition) is 0. The smallest absolute Gasteiger partial charge is 0.166 e. The summed E-state index contributed by atoms with van der Waals surface area (Å²) in [6.07, 6.45) is 3.44. The molecule has 0 atom stereocenters. The Morgan fingerprint density at radius 2 is 2.17 bits per heavy atom. The summed E-state index contributed by atoms with van der Waals surface area (Å²) in [5, 5.41) is 0. The lowest BCUT2D eigenvalue weighted by Gasteiger charge is -2.03. The van der Waals surface area contributed by atoms with E-state index in [0.29, 0.717) is 12.8 Å². The highest BCUT2D eigenvalue weighted by atomic mass is 19.1. The summed E-state index contributed by atoms with van der Waals surface area (Å²) in [6.45, 7) is 2.01. The third-order valence-corrected chi connectivity index (χ3v) is 2.80. The maximum Gasteiger partial charge on any atom is 0.166 e. The van der Waals surface area contributed by atoms with E-state index in [1.165, 1.54) is 12.3 Å². The van der Waals surface area contributed by atoms with Crippen LogP contribution in [0.4, 0.5) is 4.39 Å². The lowest BCUT2D eigenvalue weighted by atomic mass is 10.0. The van der Waals surface area contributed by atoms with Crippen LogP contribution in [0.1, 0.15) is 27.9 Å². The van der Waals surface area contributed by atoms with E-state index in [4.69, 9.17) is 0 Å². The van der Waals surface area contributed by atoms with Gasteiger partial charge in [0.2, 0.25) is 0 Å². The second-order valence-electron chi connectivity index (χ2n) is 4.27. The van der Waals surface area contributed by atoms with Crippen LogP contribution in [0.5, 0.6) is 0 Å². The maximum atomic E-state index is 13.3. The molecule has 3 heteroatoms. The van der Waals surface area contributed by atoms with Crippen molar-refractivity contribution < 1.29 is 9.18 Å². The Balaban J connectivity index is 2.03. The second-order valence-corrected chi connectivity index (χ2v) is 4.27. The van der Waals surface area contributed by atoms with Gasteiger partial charge in [-0.2, -0.15) is 0 Å². The molecule has 1 aromatic heterocycles. The lowest BCUT2D eigenvalue weighted by molar-refractivity contribution is 0.0978. The number of pyridine rings is 1. The molecule has 0 spiro atoms. The zero-order chi connectivity index (χ0) is 13.0. The molecule has 0 saturated carbocycles. The van der Waals surface area contributed by atoms with Gasteiger partial charge in [0.1, 0.15) is 0 Å². The van der Waals surface area contributed by atoms with E-state index in [-0.39, 0.29) is 11.3 Å². The minimum Gasteiger partial charge on any atom is -0.294 e.